The number of para-hydroxylation sites is 2. The Kier molecular flexibility index (Phi) is 4.36. The van der Waals surface area contributed by atoms with Crippen LogP contribution < -0.4 is 10.1 Å². The number of ether oxygens (including phenoxy) is 1. The second kappa shape index (κ2) is 7.10. The zero-order valence-corrected chi connectivity index (χ0v) is 16.4. The number of anilines is 1. The maximum absolute atomic E-state index is 13.8. The van der Waals surface area contributed by atoms with Gasteiger partial charge >= 0.3 is 11.9 Å². The number of nitrogens with one attached hydrogen (secondary N) is 1. The molecule has 0 radical (unpaired) electrons. The lowest BCUT2D eigenvalue weighted by molar-refractivity contribution is 0.0694. The Morgan fingerprint density at radius 3 is 2.77 bits per heavy atom. The molecule has 0 saturated carbocycles. The summed E-state index contributed by atoms with van der Waals surface area (Å²) < 4.78 is 24.8. The molecular formula is C21H13FN2O6S. The summed E-state index contributed by atoms with van der Waals surface area (Å²) in [7, 11) is 0. The van der Waals surface area contributed by atoms with E-state index in [1.165, 1.54) is 29.6 Å². The minimum Gasteiger partial charge on any atom is -0.504 e. The van der Waals surface area contributed by atoms with Gasteiger partial charge in [-0.3, -0.25) is 4.79 Å². The number of carbonyl (C=O) groups is 2. The Morgan fingerprint density at radius 2 is 2.03 bits per heavy atom. The van der Waals surface area contributed by atoms with Crippen molar-refractivity contribution in [2.24, 2.45) is 0 Å². The van der Waals surface area contributed by atoms with Gasteiger partial charge in [-0.15, -0.1) is 11.3 Å². The Balaban J connectivity index is 1.45. The molecule has 2 aromatic carbocycles. The van der Waals surface area contributed by atoms with Crippen molar-refractivity contribution < 1.29 is 33.3 Å². The van der Waals surface area contributed by atoms with Crippen LogP contribution in [0.3, 0.4) is 0 Å². The maximum Gasteiger partial charge on any atom is 0.339 e. The molecule has 1 aliphatic heterocycles. The van der Waals surface area contributed by atoms with E-state index in [9.17, 15) is 24.2 Å². The third-order valence-corrected chi connectivity index (χ3v) is 5.95. The molecule has 0 fully saturated rings. The molecule has 3 heterocycles. The molecule has 31 heavy (non-hydrogen) atoms. The smallest absolute Gasteiger partial charge is 0.339 e. The van der Waals surface area contributed by atoms with E-state index in [-0.39, 0.29) is 28.1 Å². The van der Waals surface area contributed by atoms with Crippen molar-refractivity contribution in [2.45, 2.75) is 12.5 Å². The summed E-state index contributed by atoms with van der Waals surface area (Å²) in [6.07, 6.45) is -0.244. The van der Waals surface area contributed by atoms with Crippen LogP contribution in [0.15, 0.2) is 46.2 Å². The third-order valence-electron chi connectivity index (χ3n) is 4.88. The van der Waals surface area contributed by atoms with Crippen LogP contribution in [0.4, 0.5) is 10.1 Å². The van der Waals surface area contributed by atoms with Crippen LogP contribution in [0.25, 0.3) is 11.1 Å². The van der Waals surface area contributed by atoms with Gasteiger partial charge in [0, 0.05) is 17.4 Å². The highest BCUT2D eigenvalue weighted by Gasteiger charge is 2.33. The van der Waals surface area contributed by atoms with Gasteiger partial charge in [-0.05, 0) is 18.2 Å². The van der Waals surface area contributed by atoms with Gasteiger partial charge in [-0.2, -0.15) is 0 Å². The molecule has 0 saturated heterocycles. The van der Waals surface area contributed by atoms with E-state index in [1.54, 1.807) is 12.1 Å². The van der Waals surface area contributed by atoms with Crippen LogP contribution in [0.1, 0.15) is 37.6 Å². The summed E-state index contributed by atoms with van der Waals surface area (Å²) >= 11 is 1.11. The quantitative estimate of drug-likeness (QED) is 0.431. The second-order valence-electron chi connectivity index (χ2n) is 6.83. The SMILES string of the molecule is O=C(Nc1csc(C2Cc3cccc(O)c3O2)c1C(=O)O)c1nc2cccc(F)c2o1. The van der Waals surface area contributed by atoms with Crippen molar-refractivity contribution in [1.29, 1.82) is 0 Å². The molecular weight excluding hydrogens is 427 g/mol. The standard InChI is InChI=1S/C21H13FN2O6S/c22-10-4-2-5-11-17(10)30-20(24-11)19(26)23-12-8-31-18(15(12)21(27)28)14-7-9-3-1-6-13(25)16(9)29-14/h1-6,8,14,25H,7H2,(H,23,26)(H,27,28). The highest BCUT2D eigenvalue weighted by Crippen LogP contribution is 2.45. The van der Waals surface area contributed by atoms with E-state index in [0.29, 0.717) is 17.0 Å². The molecule has 0 spiro atoms. The first-order valence-corrected chi connectivity index (χ1v) is 9.99. The topological polar surface area (TPSA) is 122 Å². The minimum atomic E-state index is -1.25. The number of hydrogen-bond donors (Lipinski definition) is 3. The number of carboxylic acid groups (broad SMARTS) is 1. The average Bonchev–Trinajstić information content (AvgIpc) is 3.44. The summed E-state index contributed by atoms with van der Waals surface area (Å²) in [6, 6.07) is 9.07. The Hall–Kier alpha value is -3.92. The van der Waals surface area contributed by atoms with Gasteiger partial charge in [-0.25, -0.2) is 14.2 Å². The fourth-order valence-electron chi connectivity index (χ4n) is 3.51. The average molecular weight is 440 g/mol. The summed E-state index contributed by atoms with van der Waals surface area (Å²) in [5, 5.41) is 23.7. The van der Waals surface area contributed by atoms with Crippen LogP contribution in [-0.4, -0.2) is 27.1 Å². The highest BCUT2D eigenvalue weighted by molar-refractivity contribution is 7.11. The van der Waals surface area contributed by atoms with Crippen molar-refractivity contribution in [3.8, 4) is 11.5 Å². The molecule has 1 amide bonds. The first kappa shape index (κ1) is 19.1. The number of rotatable bonds is 4. The van der Waals surface area contributed by atoms with Crippen LogP contribution in [-0.2, 0) is 6.42 Å². The fraction of sp³-hybridized carbons (Fsp3) is 0.0952. The van der Waals surface area contributed by atoms with E-state index >= 15 is 0 Å². The van der Waals surface area contributed by atoms with Crippen molar-refractivity contribution in [3.05, 3.63) is 69.5 Å². The number of aromatic nitrogens is 1. The number of fused-ring (bicyclic) bond motifs is 2. The van der Waals surface area contributed by atoms with Gasteiger partial charge in [-0.1, -0.05) is 18.2 Å². The summed E-state index contributed by atoms with van der Waals surface area (Å²) in [5.74, 6) is -2.82. The van der Waals surface area contributed by atoms with Crippen LogP contribution in [0.5, 0.6) is 11.5 Å². The van der Waals surface area contributed by atoms with Crippen LogP contribution >= 0.6 is 11.3 Å². The van der Waals surface area contributed by atoms with Gasteiger partial charge in [0.05, 0.1) is 10.6 Å². The number of amides is 1. The minimum absolute atomic E-state index is 0.0230. The van der Waals surface area contributed by atoms with E-state index in [4.69, 9.17) is 9.15 Å². The van der Waals surface area contributed by atoms with Gasteiger partial charge < -0.3 is 24.7 Å². The number of carboxylic acids is 1. The predicted molar refractivity (Wildman–Crippen MR) is 108 cm³/mol. The zero-order valence-electron chi connectivity index (χ0n) is 15.6. The molecule has 8 nitrogen and oxygen atoms in total. The highest BCUT2D eigenvalue weighted by atomic mass is 32.1. The third kappa shape index (κ3) is 3.17. The number of aromatic hydroxyl groups is 1. The van der Waals surface area contributed by atoms with E-state index in [1.807, 2.05) is 0 Å². The zero-order chi connectivity index (χ0) is 21.7. The second-order valence-corrected chi connectivity index (χ2v) is 7.74. The molecule has 0 aliphatic carbocycles. The lowest BCUT2D eigenvalue weighted by atomic mass is 10.1. The molecule has 2 aromatic heterocycles. The number of phenols is 1. The van der Waals surface area contributed by atoms with Crippen molar-refractivity contribution >= 4 is 40.0 Å². The molecule has 1 atom stereocenters. The number of thiophene rings is 1. The molecule has 0 bridgehead atoms. The number of carbonyl (C=O) groups excluding carboxylic acids is 1. The molecule has 4 aromatic rings. The van der Waals surface area contributed by atoms with Gasteiger partial charge in [0.15, 0.2) is 22.9 Å². The van der Waals surface area contributed by atoms with Crippen LogP contribution in [0, 0.1) is 5.82 Å². The monoisotopic (exact) mass is 440 g/mol. The summed E-state index contributed by atoms with van der Waals surface area (Å²) in [4.78, 5) is 28.9. The van der Waals surface area contributed by atoms with Crippen molar-refractivity contribution in [3.63, 3.8) is 0 Å². The van der Waals surface area contributed by atoms with E-state index in [2.05, 4.69) is 10.3 Å². The first-order chi connectivity index (χ1) is 14.9. The Labute approximate surface area is 177 Å². The van der Waals surface area contributed by atoms with Crippen molar-refractivity contribution in [2.75, 3.05) is 5.32 Å². The normalized spacial score (nSPS) is 14.9. The largest absolute Gasteiger partial charge is 0.504 e. The maximum atomic E-state index is 13.8. The van der Waals surface area contributed by atoms with Crippen molar-refractivity contribution in [1.82, 2.24) is 4.98 Å². The molecule has 1 aliphatic rings. The van der Waals surface area contributed by atoms with E-state index < -0.39 is 29.7 Å². The van der Waals surface area contributed by atoms with E-state index in [0.717, 1.165) is 16.9 Å². The molecule has 5 rings (SSSR count). The number of oxazole rings is 1. The predicted octanol–water partition coefficient (Wildman–Crippen LogP) is 4.36. The number of phenolic OH excluding ortho intramolecular Hbond substituents is 1. The number of nitrogens with zero attached hydrogens (tertiary/aromatic N) is 1. The Morgan fingerprint density at radius 1 is 1.23 bits per heavy atom. The number of hydrogen-bond acceptors (Lipinski definition) is 7. The summed E-state index contributed by atoms with van der Waals surface area (Å²) in [5.41, 5.74) is 0.691. The summed E-state index contributed by atoms with van der Waals surface area (Å²) in [6.45, 7) is 0. The molecule has 156 valence electrons. The number of benzene rings is 2. The van der Waals surface area contributed by atoms with Crippen LogP contribution in [0.2, 0.25) is 0 Å². The molecule has 1 unspecified atom stereocenters. The van der Waals surface area contributed by atoms with Gasteiger partial charge in [0.2, 0.25) is 0 Å². The Bertz CT molecular complexity index is 1360. The first-order valence-electron chi connectivity index (χ1n) is 9.11. The number of halogens is 1. The molecule has 3 N–H and O–H groups in total. The fourth-order valence-corrected chi connectivity index (χ4v) is 4.53. The lowest BCUT2D eigenvalue weighted by Crippen LogP contribution is -2.15. The van der Waals surface area contributed by atoms with Gasteiger partial charge in [0.1, 0.15) is 17.2 Å². The lowest BCUT2D eigenvalue weighted by Gasteiger charge is -2.11. The molecule has 10 heteroatoms. The number of aromatic carboxylic acids is 1. The van der Waals surface area contributed by atoms with Gasteiger partial charge in [0.25, 0.3) is 5.89 Å².